The molecule has 1 aromatic carbocycles. The molecule has 1 aliphatic heterocycles. The predicted octanol–water partition coefficient (Wildman–Crippen LogP) is 1.93. The largest absolute Gasteiger partial charge is 0.417 e. The molecular formula is C18H21N5O2. The van der Waals surface area contributed by atoms with Gasteiger partial charge in [0.15, 0.2) is 11.4 Å². The van der Waals surface area contributed by atoms with Crippen molar-refractivity contribution in [2.45, 2.75) is 19.9 Å². The van der Waals surface area contributed by atoms with Crippen LogP contribution in [-0.4, -0.2) is 46.3 Å². The number of rotatable bonds is 3. The SMILES string of the molecule is Cc1ccc(N2CCCN(Cc3cccc4[nH]c(=O)oc34)CC2)nn1. The highest BCUT2D eigenvalue weighted by Gasteiger charge is 2.18. The van der Waals surface area contributed by atoms with Crippen LogP contribution >= 0.6 is 0 Å². The van der Waals surface area contributed by atoms with Crippen LogP contribution in [-0.2, 0) is 6.54 Å². The molecule has 7 nitrogen and oxygen atoms in total. The smallest absolute Gasteiger partial charge is 0.408 e. The molecule has 0 atom stereocenters. The number of anilines is 1. The van der Waals surface area contributed by atoms with Gasteiger partial charge in [0.25, 0.3) is 0 Å². The summed E-state index contributed by atoms with van der Waals surface area (Å²) in [6, 6.07) is 9.87. The van der Waals surface area contributed by atoms with Gasteiger partial charge in [-0.25, -0.2) is 4.79 Å². The standard InChI is InChI=1S/C18H21N5O2/c1-13-6-7-16(21-20-13)23-9-3-8-22(10-11-23)12-14-4-2-5-15-17(14)25-18(24)19-15/h2,4-7H,3,8-12H2,1H3,(H,19,24). The second-order valence-electron chi connectivity index (χ2n) is 6.46. The molecule has 1 saturated heterocycles. The van der Waals surface area contributed by atoms with Gasteiger partial charge < -0.3 is 9.32 Å². The van der Waals surface area contributed by atoms with Crippen LogP contribution in [0.1, 0.15) is 17.7 Å². The van der Waals surface area contributed by atoms with E-state index in [-0.39, 0.29) is 0 Å². The summed E-state index contributed by atoms with van der Waals surface area (Å²) in [5, 5.41) is 8.46. The van der Waals surface area contributed by atoms with Crippen molar-refractivity contribution < 1.29 is 4.42 Å². The van der Waals surface area contributed by atoms with Crippen LogP contribution in [0.25, 0.3) is 11.1 Å². The Kier molecular flexibility index (Phi) is 4.23. The van der Waals surface area contributed by atoms with Crippen molar-refractivity contribution in [3.8, 4) is 0 Å². The van der Waals surface area contributed by atoms with Crippen LogP contribution in [0.5, 0.6) is 0 Å². The van der Waals surface area contributed by atoms with E-state index < -0.39 is 5.76 Å². The molecule has 4 rings (SSSR count). The molecule has 0 aliphatic carbocycles. The Morgan fingerprint density at radius 2 is 2.04 bits per heavy atom. The average molecular weight is 339 g/mol. The molecule has 0 spiro atoms. The van der Waals surface area contributed by atoms with Gasteiger partial charge in [-0.1, -0.05) is 12.1 Å². The lowest BCUT2D eigenvalue weighted by atomic mass is 10.2. The van der Waals surface area contributed by atoms with E-state index in [2.05, 4.69) is 25.0 Å². The summed E-state index contributed by atoms with van der Waals surface area (Å²) >= 11 is 0. The van der Waals surface area contributed by atoms with E-state index >= 15 is 0 Å². The monoisotopic (exact) mass is 339 g/mol. The summed E-state index contributed by atoms with van der Waals surface area (Å²) in [6.45, 7) is 6.52. The fraction of sp³-hybridized carbons (Fsp3) is 0.389. The predicted molar refractivity (Wildman–Crippen MR) is 95.7 cm³/mol. The van der Waals surface area contributed by atoms with E-state index in [1.165, 1.54) is 0 Å². The third kappa shape index (κ3) is 3.41. The van der Waals surface area contributed by atoms with Gasteiger partial charge in [-0.3, -0.25) is 9.88 Å². The lowest BCUT2D eigenvalue weighted by molar-refractivity contribution is 0.285. The van der Waals surface area contributed by atoms with E-state index in [9.17, 15) is 4.79 Å². The first-order valence-corrected chi connectivity index (χ1v) is 8.57. The number of nitrogens with one attached hydrogen (secondary N) is 1. The van der Waals surface area contributed by atoms with Crippen molar-refractivity contribution in [3.05, 3.63) is 52.1 Å². The molecular weight excluding hydrogens is 318 g/mol. The molecule has 0 saturated carbocycles. The number of fused-ring (bicyclic) bond motifs is 1. The quantitative estimate of drug-likeness (QED) is 0.786. The number of oxazole rings is 1. The summed E-state index contributed by atoms with van der Waals surface area (Å²) < 4.78 is 5.31. The molecule has 0 unspecified atom stereocenters. The molecule has 1 fully saturated rings. The third-order valence-electron chi connectivity index (χ3n) is 4.62. The van der Waals surface area contributed by atoms with Crippen LogP contribution < -0.4 is 10.7 Å². The number of nitrogens with zero attached hydrogens (tertiary/aromatic N) is 4. The molecule has 2 aromatic heterocycles. The zero-order chi connectivity index (χ0) is 17.2. The van der Waals surface area contributed by atoms with E-state index in [1.54, 1.807) is 0 Å². The number of benzene rings is 1. The van der Waals surface area contributed by atoms with Crippen molar-refractivity contribution in [2.24, 2.45) is 0 Å². The van der Waals surface area contributed by atoms with Gasteiger partial charge in [-0.2, -0.15) is 5.10 Å². The molecule has 0 bridgehead atoms. The number of hydrogen-bond acceptors (Lipinski definition) is 6. The van der Waals surface area contributed by atoms with Gasteiger partial charge in [0.1, 0.15) is 0 Å². The molecule has 0 amide bonds. The van der Waals surface area contributed by atoms with Crippen molar-refractivity contribution in [3.63, 3.8) is 0 Å². The van der Waals surface area contributed by atoms with Crippen molar-refractivity contribution in [2.75, 3.05) is 31.1 Å². The van der Waals surface area contributed by atoms with Crippen molar-refractivity contribution >= 4 is 16.9 Å². The molecule has 130 valence electrons. The maximum atomic E-state index is 11.5. The second kappa shape index (κ2) is 6.68. The van der Waals surface area contributed by atoms with Crippen LogP contribution in [0.15, 0.2) is 39.5 Å². The van der Waals surface area contributed by atoms with Gasteiger partial charge in [0.05, 0.1) is 11.2 Å². The minimum absolute atomic E-state index is 0.401. The van der Waals surface area contributed by atoms with Crippen LogP contribution in [0, 0.1) is 6.92 Å². The number of hydrogen-bond donors (Lipinski definition) is 1. The first-order chi connectivity index (χ1) is 12.2. The maximum absolute atomic E-state index is 11.5. The van der Waals surface area contributed by atoms with Gasteiger partial charge in [0, 0.05) is 38.3 Å². The van der Waals surface area contributed by atoms with E-state index in [4.69, 9.17) is 4.42 Å². The Morgan fingerprint density at radius 1 is 1.12 bits per heavy atom. The van der Waals surface area contributed by atoms with E-state index in [0.717, 1.165) is 61.7 Å². The highest BCUT2D eigenvalue weighted by molar-refractivity contribution is 5.75. The Morgan fingerprint density at radius 3 is 2.88 bits per heavy atom. The second-order valence-corrected chi connectivity index (χ2v) is 6.46. The summed E-state index contributed by atoms with van der Waals surface area (Å²) in [5.74, 6) is 0.536. The summed E-state index contributed by atoms with van der Waals surface area (Å²) in [6.07, 6.45) is 1.06. The minimum atomic E-state index is -0.401. The Bertz CT molecular complexity index is 915. The first-order valence-electron chi connectivity index (χ1n) is 8.57. The normalized spacial score (nSPS) is 16.3. The Hall–Kier alpha value is -2.67. The third-order valence-corrected chi connectivity index (χ3v) is 4.62. The van der Waals surface area contributed by atoms with Gasteiger partial charge >= 0.3 is 5.76 Å². The highest BCUT2D eigenvalue weighted by atomic mass is 16.4. The number of H-pyrrole nitrogens is 1. The number of aromatic nitrogens is 3. The fourth-order valence-electron chi connectivity index (χ4n) is 3.32. The molecule has 25 heavy (non-hydrogen) atoms. The summed E-state index contributed by atoms with van der Waals surface area (Å²) in [5.41, 5.74) is 3.40. The van der Waals surface area contributed by atoms with Gasteiger partial charge in [0.2, 0.25) is 0 Å². The highest BCUT2D eigenvalue weighted by Crippen LogP contribution is 2.19. The van der Waals surface area contributed by atoms with Crippen molar-refractivity contribution in [1.82, 2.24) is 20.1 Å². The van der Waals surface area contributed by atoms with Crippen LogP contribution in [0.3, 0.4) is 0 Å². The molecule has 1 N–H and O–H groups in total. The topological polar surface area (TPSA) is 78.3 Å². The molecule has 7 heteroatoms. The molecule has 3 heterocycles. The maximum Gasteiger partial charge on any atom is 0.417 e. The summed E-state index contributed by atoms with van der Waals surface area (Å²) in [4.78, 5) is 18.8. The average Bonchev–Trinajstić information content (AvgIpc) is 2.84. The Balaban J connectivity index is 1.47. The fourth-order valence-corrected chi connectivity index (χ4v) is 3.32. The van der Waals surface area contributed by atoms with Crippen LogP contribution in [0.4, 0.5) is 5.82 Å². The molecule has 0 radical (unpaired) electrons. The number of para-hydroxylation sites is 1. The number of aryl methyl sites for hydroxylation is 1. The lowest BCUT2D eigenvalue weighted by Crippen LogP contribution is -2.31. The number of aromatic amines is 1. The zero-order valence-corrected chi connectivity index (χ0v) is 14.2. The summed E-state index contributed by atoms with van der Waals surface area (Å²) in [7, 11) is 0. The molecule has 3 aromatic rings. The van der Waals surface area contributed by atoms with Gasteiger partial charge in [-0.05, 0) is 31.5 Å². The van der Waals surface area contributed by atoms with Crippen LogP contribution in [0.2, 0.25) is 0 Å². The minimum Gasteiger partial charge on any atom is -0.408 e. The van der Waals surface area contributed by atoms with E-state index in [0.29, 0.717) is 5.58 Å². The van der Waals surface area contributed by atoms with Gasteiger partial charge in [-0.15, -0.1) is 5.10 Å². The van der Waals surface area contributed by atoms with Crippen molar-refractivity contribution in [1.29, 1.82) is 0 Å². The molecule has 1 aliphatic rings. The lowest BCUT2D eigenvalue weighted by Gasteiger charge is -2.22. The Labute approximate surface area is 145 Å². The van der Waals surface area contributed by atoms with E-state index in [1.807, 2.05) is 37.3 Å². The first kappa shape index (κ1) is 15.8. The zero-order valence-electron chi connectivity index (χ0n) is 14.2.